The van der Waals surface area contributed by atoms with E-state index in [0.29, 0.717) is 6.04 Å². The number of fused-ring (bicyclic) bond motifs is 1. The Labute approximate surface area is 120 Å². The topological polar surface area (TPSA) is 21.3 Å². The minimum absolute atomic E-state index is 0.428. The number of ether oxygens (including phenoxy) is 1. The van der Waals surface area contributed by atoms with Crippen LogP contribution in [-0.2, 0) is 6.42 Å². The summed E-state index contributed by atoms with van der Waals surface area (Å²) in [7, 11) is 1.71. The Morgan fingerprint density at radius 2 is 1.95 bits per heavy atom. The summed E-state index contributed by atoms with van der Waals surface area (Å²) in [5, 5.41) is 3.66. The van der Waals surface area contributed by atoms with Gasteiger partial charge in [0.1, 0.15) is 5.75 Å². The van der Waals surface area contributed by atoms with E-state index in [-0.39, 0.29) is 0 Å². The summed E-state index contributed by atoms with van der Waals surface area (Å²) in [6.45, 7) is 4.24. The SMILES string of the molecule is COc1ccc(NC2CCc3ccc(C)cc32)cc1C. The maximum atomic E-state index is 5.31. The highest BCUT2D eigenvalue weighted by Gasteiger charge is 2.22. The molecule has 1 unspecified atom stereocenters. The van der Waals surface area contributed by atoms with Gasteiger partial charge >= 0.3 is 0 Å². The molecule has 0 aliphatic heterocycles. The highest BCUT2D eigenvalue weighted by atomic mass is 16.5. The lowest BCUT2D eigenvalue weighted by molar-refractivity contribution is 0.412. The van der Waals surface area contributed by atoms with Gasteiger partial charge in [-0.15, -0.1) is 0 Å². The van der Waals surface area contributed by atoms with Gasteiger partial charge in [0.25, 0.3) is 0 Å². The van der Waals surface area contributed by atoms with E-state index in [9.17, 15) is 0 Å². The molecule has 2 nitrogen and oxygen atoms in total. The van der Waals surface area contributed by atoms with Crippen molar-refractivity contribution in [1.82, 2.24) is 0 Å². The molecule has 0 aromatic heterocycles. The predicted octanol–water partition coefficient (Wildman–Crippen LogP) is 4.41. The Morgan fingerprint density at radius 1 is 1.10 bits per heavy atom. The van der Waals surface area contributed by atoms with Crippen molar-refractivity contribution in [3.05, 3.63) is 58.7 Å². The summed E-state index contributed by atoms with van der Waals surface area (Å²) in [5.41, 5.74) is 6.61. The van der Waals surface area contributed by atoms with Gasteiger partial charge in [-0.05, 0) is 61.6 Å². The first-order valence-corrected chi connectivity index (χ1v) is 7.18. The minimum atomic E-state index is 0.428. The summed E-state index contributed by atoms with van der Waals surface area (Å²) < 4.78 is 5.31. The van der Waals surface area contributed by atoms with E-state index >= 15 is 0 Å². The van der Waals surface area contributed by atoms with Gasteiger partial charge < -0.3 is 10.1 Å². The molecule has 2 aromatic carbocycles. The van der Waals surface area contributed by atoms with Gasteiger partial charge in [0.2, 0.25) is 0 Å². The lowest BCUT2D eigenvalue weighted by Crippen LogP contribution is -2.07. The van der Waals surface area contributed by atoms with Gasteiger partial charge in [-0.2, -0.15) is 0 Å². The van der Waals surface area contributed by atoms with Gasteiger partial charge in [0.05, 0.1) is 13.2 Å². The molecule has 1 N–H and O–H groups in total. The molecule has 1 atom stereocenters. The zero-order valence-corrected chi connectivity index (χ0v) is 12.4. The third kappa shape index (κ3) is 2.38. The van der Waals surface area contributed by atoms with Gasteiger partial charge in [0.15, 0.2) is 0 Å². The molecule has 3 rings (SSSR count). The zero-order valence-electron chi connectivity index (χ0n) is 12.4. The smallest absolute Gasteiger partial charge is 0.121 e. The minimum Gasteiger partial charge on any atom is -0.496 e. The normalized spacial score (nSPS) is 16.9. The van der Waals surface area contributed by atoms with Crippen LogP contribution in [0.4, 0.5) is 5.69 Å². The summed E-state index contributed by atoms with van der Waals surface area (Å²) >= 11 is 0. The van der Waals surface area contributed by atoms with Crippen molar-refractivity contribution in [2.24, 2.45) is 0 Å². The van der Waals surface area contributed by atoms with Crippen LogP contribution in [0.3, 0.4) is 0 Å². The summed E-state index contributed by atoms with van der Waals surface area (Å²) in [6, 6.07) is 13.5. The first-order valence-electron chi connectivity index (χ1n) is 7.18. The van der Waals surface area contributed by atoms with E-state index in [1.807, 2.05) is 6.07 Å². The molecule has 0 radical (unpaired) electrons. The Morgan fingerprint density at radius 3 is 2.70 bits per heavy atom. The molecule has 20 heavy (non-hydrogen) atoms. The summed E-state index contributed by atoms with van der Waals surface area (Å²) in [5.74, 6) is 0.943. The number of rotatable bonds is 3. The Bertz CT molecular complexity index is 633. The average molecular weight is 267 g/mol. The number of methoxy groups -OCH3 is 1. The molecule has 2 aromatic rings. The highest BCUT2D eigenvalue weighted by molar-refractivity contribution is 5.53. The standard InChI is InChI=1S/C18H21NO/c1-12-4-5-14-6-8-17(16(14)10-12)19-15-7-9-18(20-3)13(2)11-15/h4-5,7,9-11,17,19H,6,8H2,1-3H3. The van der Waals surface area contributed by atoms with Crippen LogP contribution in [0.2, 0.25) is 0 Å². The van der Waals surface area contributed by atoms with E-state index in [1.54, 1.807) is 7.11 Å². The Kier molecular flexibility index (Phi) is 3.39. The van der Waals surface area contributed by atoms with Gasteiger partial charge in [0, 0.05) is 5.69 Å². The first kappa shape index (κ1) is 13.0. The Balaban J connectivity index is 1.83. The highest BCUT2D eigenvalue weighted by Crippen LogP contribution is 2.35. The van der Waals surface area contributed by atoms with Gasteiger partial charge in [-0.3, -0.25) is 0 Å². The van der Waals surface area contributed by atoms with Crippen molar-refractivity contribution in [1.29, 1.82) is 0 Å². The number of anilines is 1. The molecule has 104 valence electrons. The molecule has 0 amide bonds. The van der Waals surface area contributed by atoms with E-state index in [1.165, 1.54) is 40.8 Å². The monoisotopic (exact) mass is 267 g/mol. The molecular formula is C18H21NO. The fraction of sp³-hybridized carbons (Fsp3) is 0.333. The summed E-state index contributed by atoms with van der Waals surface area (Å²) in [4.78, 5) is 0. The van der Waals surface area contributed by atoms with Crippen molar-refractivity contribution >= 4 is 5.69 Å². The molecule has 0 heterocycles. The van der Waals surface area contributed by atoms with Crippen molar-refractivity contribution in [3.63, 3.8) is 0 Å². The molecule has 0 fully saturated rings. The van der Waals surface area contributed by atoms with Crippen molar-refractivity contribution in [2.75, 3.05) is 12.4 Å². The van der Waals surface area contributed by atoms with E-state index in [0.717, 1.165) is 5.75 Å². The molecule has 0 bridgehead atoms. The first-order chi connectivity index (χ1) is 9.67. The van der Waals surface area contributed by atoms with Crippen molar-refractivity contribution in [3.8, 4) is 5.75 Å². The van der Waals surface area contributed by atoms with Gasteiger partial charge in [-0.1, -0.05) is 23.8 Å². The number of benzene rings is 2. The number of nitrogens with one attached hydrogen (secondary N) is 1. The second-order valence-corrected chi connectivity index (χ2v) is 5.62. The molecule has 0 saturated carbocycles. The molecule has 1 aliphatic rings. The zero-order chi connectivity index (χ0) is 14.1. The Hall–Kier alpha value is -1.96. The molecule has 0 saturated heterocycles. The number of hydrogen-bond acceptors (Lipinski definition) is 2. The molecule has 1 aliphatic carbocycles. The average Bonchev–Trinajstić information content (AvgIpc) is 2.82. The number of hydrogen-bond donors (Lipinski definition) is 1. The lowest BCUT2D eigenvalue weighted by atomic mass is 10.0. The van der Waals surface area contributed by atoms with Crippen LogP contribution in [0.25, 0.3) is 0 Å². The van der Waals surface area contributed by atoms with Crippen LogP contribution in [0.5, 0.6) is 5.75 Å². The molecule has 2 heteroatoms. The largest absolute Gasteiger partial charge is 0.496 e. The maximum absolute atomic E-state index is 5.31. The third-order valence-corrected chi connectivity index (χ3v) is 4.11. The molecular weight excluding hydrogens is 246 g/mol. The summed E-state index contributed by atoms with van der Waals surface area (Å²) in [6.07, 6.45) is 2.34. The van der Waals surface area contributed by atoms with Crippen LogP contribution in [0, 0.1) is 13.8 Å². The lowest BCUT2D eigenvalue weighted by Gasteiger charge is -2.17. The maximum Gasteiger partial charge on any atom is 0.121 e. The van der Waals surface area contributed by atoms with Crippen molar-refractivity contribution < 1.29 is 4.74 Å². The van der Waals surface area contributed by atoms with Crippen LogP contribution < -0.4 is 10.1 Å². The quantitative estimate of drug-likeness (QED) is 0.889. The van der Waals surface area contributed by atoms with Crippen LogP contribution in [0.15, 0.2) is 36.4 Å². The number of aryl methyl sites for hydroxylation is 3. The fourth-order valence-electron chi connectivity index (χ4n) is 3.04. The van der Waals surface area contributed by atoms with Gasteiger partial charge in [-0.25, -0.2) is 0 Å². The van der Waals surface area contributed by atoms with E-state index in [4.69, 9.17) is 4.74 Å². The molecule has 0 spiro atoms. The van der Waals surface area contributed by atoms with Crippen LogP contribution in [0.1, 0.15) is 34.7 Å². The van der Waals surface area contributed by atoms with E-state index in [2.05, 4.69) is 49.5 Å². The van der Waals surface area contributed by atoms with Crippen LogP contribution >= 0.6 is 0 Å². The fourth-order valence-corrected chi connectivity index (χ4v) is 3.04. The predicted molar refractivity (Wildman–Crippen MR) is 83.6 cm³/mol. The second kappa shape index (κ2) is 5.20. The van der Waals surface area contributed by atoms with Crippen molar-refractivity contribution in [2.45, 2.75) is 32.7 Å². The van der Waals surface area contributed by atoms with Crippen LogP contribution in [-0.4, -0.2) is 7.11 Å². The third-order valence-electron chi connectivity index (χ3n) is 4.11. The second-order valence-electron chi connectivity index (χ2n) is 5.62. The van der Waals surface area contributed by atoms with E-state index < -0.39 is 0 Å².